The lowest BCUT2D eigenvalue weighted by molar-refractivity contribution is -0.116. The van der Waals surface area contributed by atoms with Crippen molar-refractivity contribution in [3.63, 3.8) is 0 Å². The Morgan fingerprint density at radius 3 is 2.50 bits per heavy atom. The molecular weight excluding hydrogens is 296 g/mol. The number of anilines is 1. The third-order valence-corrected chi connectivity index (χ3v) is 3.99. The first kappa shape index (κ1) is 16.2. The van der Waals surface area contributed by atoms with Crippen LogP contribution in [0.25, 0.3) is 0 Å². The molecule has 2 N–H and O–H groups in total. The number of thiophene rings is 1. The molecule has 1 aromatic heterocycles. The van der Waals surface area contributed by atoms with E-state index in [-0.39, 0.29) is 11.8 Å². The van der Waals surface area contributed by atoms with Crippen LogP contribution in [-0.2, 0) is 4.79 Å². The highest BCUT2D eigenvalue weighted by molar-refractivity contribution is 7.12. The van der Waals surface area contributed by atoms with E-state index in [1.165, 1.54) is 11.3 Å². The molecule has 2 aromatic rings. The maximum Gasteiger partial charge on any atom is 0.261 e. The van der Waals surface area contributed by atoms with Crippen LogP contribution in [0.4, 0.5) is 5.69 Å². The molecule has 5 heteroatoms. The van der Waals surface area contributed by atoms with Crippen LogP contribution in [0.2, 0.25) is 0 Å². The summed E-state index contributed by atoms with van der Waals surface area (Å²) in [5.74, 6) is -0.111. The standard InChI is InChI=1S/C17H20N2O2S/c1-12-9-13(2)11-14(10-12)19-16(20)6-3-7-18-17(21)15-5-4-8-22-15/h4-5,8-11H,3,6-7H2,1-2H3,(H,18,21)(H,19,20). The molecule has 2 amide bonds. The van der Waals surface area contributed by atoms with Crippen molar-refractivity contribution in [3.8, 4) is 0 Å². The van der Waals surface area contributed by atoms with Crippen molar-refractivity contribution in [1.29, 1.82) is 0 Å². The zero-order valence-corrected chi connectivity index (χ0v) is 13.6. The zero-order chi connectivity index (χ0) is 15.9. The van der Waals surface area contributed by atoms with Gasteiger partial charge in [-0.05, 0) is 55.0 Å². The first-order valence-corrected chi connectivity index (χ1v) is 8.12. The molecule has 2 rings (SSSR count). The second-order valence-corrected chi connectivity index (χ2v) is 6.21. The van der Waals surface area contributed by atoms with Gasteiger partial charge in [0, 0.05) is 18.7 Å². The van der Waals surface area contributed by atoms with Crippen LogP contribution in [0, 0.1) is 13.8 Å². The Morgan fingerprint density at radius 2 is 1.86 bits per heavy atom. The third kappa shape index (κ3) is 5.00. The summed E-state index contributed by atoms with van der Waals surface area (Å²) in [6.07, 6.45) is 1.01. The maximum atomic E-state index is 11.9. The summed E-state index contributed by atoms with van der Waals surface area (Å²) >= 11 is 1.41. The minimum absolute atomic E-state index is 0.0321. The van der Waals surface area contributed by atoms with Crippen LogP contribution in [0.1, 0.15) is 33.6 Å². The van der Waals surface area contributed by atoms with Crippen LogP contribution < -0.4 is 10.6 Å². The fourth-order valence-electron chi connectivity index (χ4n) is 2.22. The van der Waals surface area contributed by atoms with Gasteiger partial charge in [-0.25, -0.2) is 0 Å². The molecular formula is C17H20N2O2S. The second kappa shape index (κ2) is 7.75. The van der Waals surface area contributed by atoms with Gasteiger partial charge in [-0.1, -0.05) is 12.1 Å². The van der Waals surface area contributed by atoms with E-state index in [0.29, 0.717) is 24.3 Å². The van der Waals surface area contributed by atoms with Gasteiger partial charge in [-0.3, -0.25) is 9.59 Å². The van der Waals surface area contributed by atoms with Crippen molar-refractivity contribution in [2.24, 2.45) is 0 Å². The van der Waals surface area contributed by atoms with Crippen LogP contribution in [0.5, 0.6) is 0 Å². The number of carbonyl (C=O) groups is 2. The van der Waals surface area contributed by atoms with Crippen molar-refractivity contribution >= 4 is 28.8 Å². The first-order chi connectivity index (χ1) is 10.5. The van der Waals surface area contributed by atoms with Gasteiger partial charge >= 0.3 is 0 Å². The van der Waals surface area contributed by atoms with Gasteiger partial charge in [0.2, 0.25) is 5.91 Å². The summed E-state index contributed by atoms with van der Waals surface area (Å²) in [6.45, 7) is 4.50. The number of amides is 2. The fourth-order valence-corrected chi connectivity index (χ4v) is 2.86. The number of rotatable bonds is 6. The summed E-state index contributed by atoms with van der Waals surface area (Å²) in [4.78, 5) is 24.3. The number of benzene rings is 1. The highest BCUT2D eigenvalue weighted by Crippen LogP contribution is 2.14. The highest BCUT2D eigenvalue weighted by Gasteiger charge is 2.07. The topological polar surface area (TPSA) is 58.2 Å². The molecule has 0 aliphatic carbocycles. The fraction of sp³-hybridized carbons (Fsp3) is 0.294. The van der Waals surface area contributed by atoms with E-state index in [9.17, 15) is 9.59 Å². The average molecular weight is 316 g/mol. The summed E-state index contributed by atoms with van der Waals surface area (Å²) in [7, 11) is 0. The number of nitrogens with one attached hydrogen (secondary N) is 2. The Bertz CT molecular complexity index is 630. The smallest absolute Gasteiger partial charge is 0.261 e. The first-order valence-electron chi connectivity index (χ1n) is 7.24. The number of hydrogen-bond donors (Lipinski definition) is 2. The van der Waals surface area contributed by atoms with E-state index < -0.39 is 0 Å². The third-order valence-electron chi connectivity index (χ3n) is 3.12. The SMILES string of the molecule is Cc1cc(C)cc(NC(=O)CCCNC(=O)c2cccs2)c1. The van der Waals surface area contributed by atoms with Crippen molar-refractivity contribution in [2.75, 3.05) is 11.9 Å². The van der Waals surface area contributed by atoms with E-state index in [2.05, 4.69) is 16.7 Å². The van der Waals surface area contributed by atoms with Gasteiger partial charge in [0.15, 0.2) is 0 Å². The molecule has 1 aromatic carbocycles. The van der Waals surface area contributed by atoms with Gasteiger partial charge < -0.3 is 10.6 Å². The molecule has 0 spiro atoms. The van der Waals surface area contributed by atoms with E-state index in [0.717, 1.165) is 16.8 Å². The van der Waals surface area contributed by atoms with E-state index in [1.54, 1.807) is 6.07 Å². The summed E-state index contributed by atoms with van der Waals surface area (Å²) in [6, 6.07) is 9.59. The minimum Gasteiger partial charge on any atom is -0.351 e. The minimum atomic E-state index is -0.0790. The average Bonchev–Trinajstić information content (AvgIpc) is 2.96. The Morgan fingerprint density at radius 1 is 1.14 bits per heavy atom. The van der Waals surface area contributed by atoms with Gasteiger partial charge in [0.1, 0.15) is 0 Å². The lowest BCUT2D eigenvalue weighted by atomic mass is 10.1. The normalized spacial score (nSPS) is 10.3. The molecule has 4 nitrogen and oxygen atoms in total. The predicted octanol–water partition coefficient (Wildman–Crippen LogP) is 3.51. The lowest BCUT2D eigenvalue weighted by Crippen LogP contribution is -2.24. The largest absolute Gasteiger partial charge is 0.351 e. The predicted molar refractivity (Wildman–Crippen MR) is 90.4 cm³/mol. The number of carbonyl (C=O) groups excluding carboxylic acids is 2. The maximum absolute atomic E-state index is 11.9. The van der Waals surface area contributed by atoms with Gasteiger partial charge in [0.25, 0.3) is 5.91 Å². The molecule has 0 aliphatic heterocycles. The van der Waals surface area contributed by atoms with Crippen LogP contribution >= 0.6 is 11.3 Å². The molecule has 0 bridgehead atoms. The van der Waals surface area contributed by atoms with Crippen molar-refractivity contribution in [1.82, 2.24) is 5.32 Å². The molecule has 1 heterocycles. The van der Waals surface area contributed by atoms with Gasteiger partial charge in [-0.2, -0.15) is 0 Å². The number of aryl methyl sites for hydroxylation is 2. The Kier molecular flexibility index (Phi) is 5.72. The van der Waals surface area contributed by atoms with E-state index >= 15 is 0 Å². The molecule has 116 valence electrons. The molecule has 22 heavy (non-hydrogen) atoms. The highest BCUT2D eigenvalue weighted by atomic mass is 32.1. The van der Waals surface area contributed by atoms with Crippen molar-refractivity contribution in [2.45, 2.75) is 26.7 Å². The van der Waals surface area contributed by atoms with Gasteiger partial charge in [0.05, 0.1) is 4.88 Å². The lowest BCUT2D eigenvalue weighted by Gasteiger charge is -2.08. The summed E-state index contributed by atoms with van der Waals surface area (Å²) in [5.41, 5.74) is 3.07. The Hall–Kier alpha value is -2.14. The summed E-state index contributed by atoms with van der Waals surface area (Å²) in [5, 5.41) is 7.57. The Balaban J connectivity index is 1.70. The van der Waals surface area contributed by atoms with Crippen LogP contribution in [-0.4, -0.2) is 18.4 Å². The zero-order valence-electron chi connectivity index (χ0n) is 12.8. The molecule has 0 saturated heterocycles. The van der Waals surface area contributed by atoms with Crippen molar-refractivity contribution < 1.29 is 9.59 Å². The monoisotopic (exact) mass is 316 g/mol. The van der Waals surface area contributed by atoms with Crippen LogP contribution in [0.3, 0.4) is 0 Å². The second-order valence-electron chi connectivity index (χ2n) is 5.26. The molecule has 0 radical (unpaired) electrons. The Labute approximate surface area is 134 Å². The molecule has 0 aliphatic rings. The van der Waals surface area contributed by atoms with Crippen molar-refractivity contribution in [3.05, 3.63) is 51.7 Å². The molecule has 0 unspecified atom stereocenters. The van der Waals surface area contributed by atoms with Gasteiger partial charge in [-0.15, -0.1) is 11.3 Å². The molecule has 0 fully saturated rings. The quantitative estimate of drug-likeness (QED) is 0.801. The van der Waals surface area contributed by atoms with E-state index in [4.69, 9.17) is 0 Å². The molecule has 0 atom stereocenters. The van der Waals surface area contributed by atoms with E-state index in [1.807, 2.05) is 37.4 Å². The summed E-state index contributed by atoms with van der Waals surface area (Å²) < 4.78 is 0. The number of hydrogen-bond acceptors (Lipinski definition) is 3. The van der Waals surface area contributed by atoms with Crippen LogP contribution in [0.15, 0.2) is 35.7 Å². The molecule has 0 saturated carbocycles.